The Morgan fingerprint density at radius 2 is 1.86 bits per heavy atom. The minimum absolute atomic E-state index is 0.00285. The molecule has 0 aromatic carbocycles. The second-order valence-corrected chi connectivity index (χ2v) is 6.67. The lowest BCUT2D eigenvalue weighted by atomic mass is 9.94. The topological polar surface area (TPSA) is 78.4 Å². The van der Waals surface area contributed by atoms with Gasteiger partial charge in [-0.15, -0.1) is 0 Å². The van der Waals surface area contributed by atoms with Gasteiger partial charge < -0.3 is 15.7 Å². The van der Waals surface area contributed by atoms with E-state index in [0.717, 1.165) is 18.8 Å². The molecular weight excluding hydrogens is 268 g/mol. The number of carboxylic acid groups (broad SMARTS) is 1. The number of hydrogen-bond acceptors (Lipinski definition) is 2. The highest BCUT2D eigenvalue weighted by Gasteiger charge is 2.17. The standard InChI is InChI=1S/C16H30N2O3/c1-12(2)9-14(10-15(19)20)11-18-16(21)17-8-7-13-5-3-4-6-13/h12-14H,3-11H2,1-2H3,(H,19,20)(H2,17,18,21)/t14-/m0/s1. The van der Waals surface area contributed by atoms with Gasteiger partial charge in [0.15, 0.2) is 0 Å². The van der Waals surface area contributed by atoms with E-state index in [0.29, 0.717) is 19.0 Å². The lowest BCUT2D eigenvalue weighted by molar-refractivity contribution is -0.138. The summed E-state index contributed by atoms with van der Waals surface area (Å²) in [6, 6.07) is -0.174. The zero-order valence-corrected chi connectivity index (χ0v) is 13.4. The minimum atomic E-state index is -0.802. The summed E-state index contributed by atoms with van der Waals surface area (Å²) in [4.78, 5) is 22.5. The highest BCUT2D eigenvalue weighted by Crippen LogP contribution is 2.26. The Labute approximate surface area is 127 Å². The molecule has 0 aliphatic heterocycles. The second kappa shape index (κ2) is 9.64. The number of carboxylic acids is 1. The van der Waals surface area contributed by atoms with Crippen molar-refractivity contribution >= 4 is 12.0 Å². The summed E-state index contributed by atoms with van der Waals surface area (Å²) >= 11 is 0. The number of aliphatic carboxylic acids is 1. The zero-order chi connectivity index (χ0) is 15.7. The Kier molecular flexibility index (Phi) is 8.16. The van der Waals surface area contributed by atoms with E-state index in [2.05, 4.69) is 24.5 Å². The number of rotatable bonds is 9. The van der Waals surface area contributed by atoms with E-state index in [1.54, 1.807) is 0 Å². The summed E-state index contributed by atoms with van der Waals surface area (Å²) in [6.07, 6.45) is 7.20. The van der Waals surface area contributed by atoms with Crippen molar-refractivity contribution in [3.63, 3.8) is 0 Å². The van der Waals surface area contributed by atoms with Gasteiger partial charge in [-0.1, -0.05) is 39.5 Å². The van der Waals surface area contributed by atoms with Crippen molar-refractivity contribution in [2.45, 2.75) is 58.8 Å². The van der Waals surface area contributed by atoms with E-state index < -0.39 is 5.97 Å². The van der Waals surface area contributed by atoms with Crippen LogP contribution in [0.25, 0.3) is 0 Å². The first-order valence-electron chi connectivity index (χ1n) is 8.20. The van der Waals surface area contributed by atoms with Gasteiger partial charge >= 0.3 is 12.0 Å². The molecule has 1 fully saturated rings. The van der Waals surface area contributed by atoms with E-state index in [1.807, 2.05) is 0 Å². The van der Waals surface area contributed by atoms with Crippen LogP contribution in [0.4, 0.5) is 4.79 Å². The average molecular weight is 298 g/mol. The summed E-state index contributed by atoms with van der Waals surface area (Å²) < 4.78 is 0. The third-order valence-electron chi connectivity index (χ3n) is 4.13. The van der Waals surface area contributed by atoms with Gasteiger partial charge in [-0.2, -0.15) is 0 Å². The van der Waals surface area contributed by atoms with E-state index in [9.17, 15) is 9.59 Å². The number of hydrogen-bond donors (Lipinski definition) is 3. The van der Waals surface area contributed by atoms with Gasteiger partial charge in [0.2, 0.25) is 0 Å². The Hall–Kier alpha value is -1.26. The Morgan fingerprint density at radius 3 is 2.43 bits per heavy atom. The first-order valence-corrected chi connectivity index (χ1v) is 8.20. The lowest BCUT2D eigenvalue weighted by Crippen LogP contribution is -2.39. The molecule has 3 N–H and O–H groups in total. The quantitative estimate of drug-likeness (QED) is 0.612. The maximum atomic E-state index is 11.7. The van der Waals surface area contributed by atoms with Gasteiger partial charge in [0.1, 0.15) is 0 Å². The maximum Gasteiger partial charge on any atom is 0.314 e. The molecule has 0 spiro atoms. The molecule has 1 rings (SSSR count). The molecule has 1 atom stereocenters. The van der Waals surface area contributed by atoms with Gasteiger partial charge in [-0.25, -0.2) is 4.79 Å². The van der Waals surface area contributed by atoms with Crippen molar-refractivity contribution in [1.29, 1.82) is 0 Å². The molecule has 2 amide bonds. The van der Waals surface area contributed by atoms with E-state index in [-0.39, 0.29) is 18.4 Å². The monoisotopic (exact) mass is 298 g/mol. The molecule has 0 radical (unpaired) electrons. The predicted octanol–water partition coefficient (Wildman–Crippen LogP) is 3.00. The number of urea groups is 1. The van der Waals surface area contributed by atoms with Crippen LogP contribution >= 0.6 is 0 Å². The number of carbonyl (C=O) groups is 2. The average Bonchev–Trinajstić information content (AvgIpc) is 2.88. The molecule has 0 bridgehead atoms. The molecule has 0 saturated heterocycles. The van der Waals surface area contributed by atoms with Gasteiger partial charge in [0.05, 0.1) is 0 Å². The number of amides is 2. The van der Waals surface area contributed by atoms with Crippen LogP contribution in [0.1, 0.15) is 58.8 Å². The Morgan fingerprint density at radius 1 is 1.19 bits per heavy atom. The van der Waals surface area contributed by atoms with Crippen LogP contribution in [-0.2, 0) is 4.79 Å². The largest absolute Gasteiger partial charge is 0.481 e. The molecule has 5 nitrogen and oxygen atoms in total. The highest BCUT2D eigenvalue weighted by atomic mass is 16.4. The first-order chi connectivity index (χ1) is 9.97. The molecule has 0 aromatic rings. The van der Waals surface area contributed by atoms with Crippen LogP contribution in [0.2, 0.25) is 0 Å². The van der Waals surface area contributed by atoms with Crippen LogP contribution in [0.5, 0.6) is 0 Å². The molecule has 1 aliphatic carbocycles. The SMILES string of the molecule is CC(C)C[C@H](CNC(=O)NCCC1CCCC1)CC(=O)O. The molecule has 1 saturated carbocycles. The molecular formula is C16H30N2O3. The van der Waals surface area contributed by atoms with E-state index in [4.69, 9.17) is 5.11 Å². The Balaban J connectivity index is 2.17. The van der Waals surface area contributed by atoms with Crippen LogP contribution < -0.4 is 10.6 Å². The lowest BCUT2D eigenvalue weighted by Gasteiger charge is -2.18. The van der Waals surface area contributed by atoms with Crippen LogP contribution in [0, 0.1) is 17.8 Å². The van der Waals surface area contributed by atoms with Crippen molar-refractivity contribution in [2.24, 2.45) is 17.8 Å². The van der Waals surface area contributed by atoms with Gasteiger partial charge in [0, 0.05) is 19.5 Å². The molecule has 122 valence electrons. The fourth-order valence-electron chi connectivity index (χ4n) is 3.14. The van der Waals surface area contributed by atoms with Gasteiger partial charge in [-0.3, -0.25) is 4.79 Å². The van der Waals surface area contributed by atoms with Crippen LogP contribution in [0.3, 0.4) is 0 Å². The van der Waals surface area contributed by atoms with Crippen molar-refractivity contribution < 1.29 is 14.7 Å². The van der Waals surface area contributed by atoms with Crippen molar-refractivity contribution in [3.05, 3.63) is 0 Å². The van der Waals surface area contributed by atoms with E-state index >= 15 is 0 Å². The minimum Gasteiger partial charge on any atom is -0.481 e. The summed E-state index contributed by atoms with van der Waals surface area (Å²) in [5, 5.41) is 14.6. The van der Waals surface area contributed by atoms with Gasteiger partial charge in [0.25, 0.3) is 0 Å². The number of carbonyl (C=O) groups excluding carboxylic acids is 1. The predicted molar refractivity (Wildman–Crippen MR) is 83.2 cm³/mol. The summed E-state index contributed by atoms with van der Waals surface area (Å²) in [5.74, 6) is 0.403. The summed E-state index contributed by atoms with van der Waals surface area (Å²) in [7, 11) is 0. The molecule has 0 heterocycles. The third kappa shape index (κ3) is 8.58. The molecule has 0 aromatic heterocycles. The molecule has 21 heavy (non-hydrogen) atoms. The second-order valence-electron chi connectivity index (χ2n) is 6.67. The normalized spacial score (nSPS) is 16.9. The van der Waals surface area contributed by atoms with Crippen molar-refractivity contribution in [1.82, 2.24) is 10.6 Å². The van der Waals surface area contributed by atoms with Crippen molar-refractivity contribution in [3.8, 4) is 0 Å². The maximum absolute atomic E-state index is 11.7. The molecule has 5 heteroatoms. The Bertz CT molecular complexity index is 325. The fourth-order valence-corrected chi connectivity index (χ4v) is 3.14. The van der Waals surface area contributed by atoms with Crippen molar-refractivity contribution in [2.75, 3.05) is 13.1 Å². The zero-order valence-electron chi connectivity index (χ0n) is 13.4. The first kappa shape index (κ1) is 17.8. The van der Waals surface area contributed by atoms with Gasteiger partial charge in [-0.05, 0) is 30.6 Å². The number of nitrogens with one attached hydrogen (secondary N) is 2. The van der Waals surface area contributed by atoms with E-state index in [1.165, 1.54) is 25.7 Å². The fraction of sp³-hybridized carbons (Fsp3) is 0.875. The smallest absolute Gasteiger partial charge is 0.314 e. The third-order valence-corrected chi connectivity index (χ3v) is 4.13. The summed E-state index contributed by atoms with van der Waals surface area (Å²) in [5.41, 5.74) is 0. The summed E-state index contributed by atoms with van der Waals surface area (Å²) in [6.45, 7) is 5.27. The van der Waals surface area contributed by atoms with Crippen LogP contribution in [0.15, 0.2) is 0 Å². The van der Waals surface area contributed by atoms with Crippen LogP contribution in [-0.4, -0.2) is 30.2 Å². The molecule has 1 aliphatic rings. The highest BCUT2D eigenvalue weighted by molar-refractivity contribution is 5.74. The molecule has 0 unspecified atom stereocenters.